The van der Waals surface area contributed by atoms with Crippen LogP contribution in [0.1, 0.15) is 43.1 Å². The van der Waals surface area contributed by atoms with E-state index >= 15 is 0 Å². The van der Waals surface area contributed by atoms with Crippen LogP contribution in [0.4, 0.5) is 5.82 Å². The van der Waals surface area contributed by atoms with Gasteiger partial charge in [-0.15, -0.1) is 0 Å². The maximum Gasteiger partial charge on any atom is 0.258 e. The molecule has 1 saturated carbocycles. The van der Waals surface area contributed by atoms with Gasteiger partial charge < -0.3 is 14.7 Å². The number of pyridine rings is 1. The van der Waals surface area contributed by atoms with E-state index in [0.29, 0.717) is 22.3 Å². The summed E-state index contributed by atoms with van der Waals surface area (Å²) >= 11 is 5.95. The molecule has 2 N–H and O–H groups in total. The molecule has 1 amide bonds. The Morgan fingerprint density at radius 2 is 2.06 bits per heavy atom. The van der Waals surface area contributed by atoms with Crippen molar-refractivity contribution < 1.29 is 4.79 Å². The number of hydrogen-bond donors (Lipinski definition) is 2. The van der Waals surface area contributed by atoms with Crippen LogP contribution in [0.3, 0.4) is 0 Å². The topological polar surface area (TPSA) is 118 Å². The maximum absolute atomic E-state index is 13.2. The third-order valence-electron chi connectivity index (χ3n) is 6.74. The normalized spacial score (nSPS) is 20.0. The predicted molar refractivity (Wildman–Crippen MR) is 122 cm³/mol. The highest BCUT2D eigenvalue weighted by Crippen LogP contribution is 2.39. The molecule has 0 spiro atoms. The number of rotatable bonds is 4. The Bertz CT molecular complexity index is 1470. The quantitative estimate of drug-likeness (QED) is 0.482. The summed E-state index contributed by atoms with van der Waals surface area (Å²) < 4.78 is 1.89. The summed E-state index contributed by atoms with van der Waals surface area (Å²) in [5, 5.41) is 3.21. The number of halogens is 1. The standard InChI is InChI=1S/C23H20ClN7O2/c1-23(16-6-5-13(24)10-26-16)17-19(30-22(23)33)28-18(29-21(17)32)15-11-31-8-7-25-20(31)14(27-15)9-12-3-2-4-12/h5-8,10-12H,2-4,9H2,1H3,(H2,28,29,30,32,33). The van der Waals surface area contributed by atoms with Crippen molar-refractivity contribution in [2.75, 3.05) is 5.32 Å². The Hall–Kier alpha value is -3.59. The minimum atomic E-state index is -1.28. The largest absolute Gasteiger partial charge is 0.309 e. The molecule has 1 atom stereocenters. The smallest absolute Gasteiger partial charge is 0.258 e. The van der Waals surface area contributed by atoms with E-state index in [1.165, 1.54) is 25.5 Å². The molecule has 33 heavy (non-hydrogen) atoms. The van der Waals surface area contributed by atoms with Crippen LogP contribution in [0.2, 0.25) is 5.02 Å². The molecule has 4 aromatic rings. The number of H-pyrrole nitrogens is 1. The highest BCUT2D eigenvalue weighted by atomic mass is 35.5. The lowest BCUT2D eigenvalue weighted by Gasteiger charge is -2.25. The SMILES string of the molecule is CC1(c2ccc(Cl)cn2)C(=O)Nc2nc(-c3cn4ccnc4c(CC4CCC4)n3)[nH]c(=O)c21. The Balaban J connectivity index is 1.47. The van der Waals surface area contributed by atoms with Crippen molar-refractivity contribution in [1.82, 2.24) is 29.3 Å². The van der Waals surface area contributed by atoms with Gasteiger partial charge in [0, 0.05) is 24.8 Å². The second kappa shape index (κ2) is 7.21. The molecule has 1 aliphatic carbocycles. The van der Waals surface area contributed by atoms with E-state index in [2.05, 4.69) is 25.3 Å². The minimum Gasteiger partial charge on any atom is -0.309 e. The molecule has 9 nitrogen and oxygen atoms in total. The van der Waals surface area contributed by atoms with E-state index in [9.17, 15) is 9.59 Å². The second-order valence-corrected chi connectivity index (χ2v) is 9.25. The summed E-state index contributed by atoms with van der Waals surface area (Å²) in [5.41, 5.74) is 1.15. The lowest BCUT2D eigenvalue weighted by molar-refractivity contribution is -0.119. The van der Waals surface area contributed by atoms with Crippen molar-refractivity contribution in [3.8, 4) is 11.5 Å². The molecule has 0 bridgehead atoms. The van der Waals surface area contributed by atoms with Gasteiger partial charge in [-0.2, -0.15) is 0 Å². The van der Waals surface area contributed by atoms with Gasteiger partial charge in [0.2, 0.25) is 5.91 Å². The van der Waals surface area contributed by atoms with Crippen molar-refractivity contribution >= 4 is 29.0 Å². The van der Waals surface area contributed by atoms with Crippen LogP contribution in [0.5, 0.6) is 0 Å². The second-order valence-electron chi connectivity index (χ2n) is 8.81. The van der Waals surface area contributed by atoms with Gasteiger partial charge in [0.15, 0.2) is 11.5 Å². The van der Waals surface area contributed by atoms with E-state index < -0.39 is 11.0 Å². The van der Waals surface area contributed by atoms with Crippen LogP contribution in [0, 0.1) is 5.92 Å². The first-order valence-electron chi connectivity index (χ1n) is 10.8. The number of imidazole rings is 1. The zero-order valence-corrected chi connectivity index (χ0v) is 18.6. The molecule has 1 fully saturated rings. The number of anilines is 1. The van der Waals surface area contributed by atoms with E-state index in [1.54, 1.807) is 31.5 Å². The molecule has 6 rings (SSSR count). The van der Waals surface area contributed by atoms with Crippen molar-refractivity contribution in [3.63, 3.8) is 0 Å². The van der Waals surface area contributed by atoms with Gasteiger partial charge in [0.25, 0.3) is 5.56 Å². The fourth-order valence-electron chi connectivity index (χ4n) is 4.63. The molecule has 5 heterocycles. The molecule has 2 aliphatic rings. The van der Waals surface area contributed by atoms with Crippen molar-refractivity contribution in [2.24, 2.45) is 5.92 Å². The molecule has 0 radical (unpaired) electrons. The fourth-order valence-corrected chi connectivity index (χ4v) is 4.74. The molecular formula is C23H20ClN7O2. The summed E-state index contributed by atoms with van der Waals surface area (Å²) in [4.78, 5) is 47.2. The predicted octanol–water partition coefficient (Wildman–Crippen LogP) is 3.13. The maximum atomic E-state index is 13.2. The molecule has 0 saturated heterocycles. The lowest BCUT2D eigenvalue weighted by Crippen LogP contribution is -2.36. The van der Waals surface area contributed by atoms with Gasteiger partial charge in [0.05, 0.1) is 22.0 Å². The molecule has 166 valence electrons. The van der Waals surface area contributed by atoms with Crippen LogP contribution in [0.25, 0.3) is 17.2 Å². The monoisotopic (exact) mass is 461 g/mol. The number of aromatic nitrogens is 6. The van der Waals surface area contributed by atoms with Gasteiger partial charge in [-0.1, -0.05) is 30.9 Å². The number of nitrogens with zero attached hydrogens (tertiary/aromatic N) is 5. The number of fused-ring (bicyclic) bond motifs is 2. The summed E-state index contributed by atoms with van der Waals surface area (Å²) in [5.74, 6) is 0.738. The zero-order valence-electron chi connectivity index (χ0n) is 17.8. The average Bonchev–Trinajstić information content (AvgIpc) is 3.34. The molecule has 1 unspecified atom stereocenters. The summed E-state index contributed by atoms with van der Waals surface area (Å²) in [6, 6.07) is 3.29. The highest BCUT2D eigenvalue weighted by Gasteiger charge is 2.48. The Morgan fingerprint density at radius 1 is 1.21 bits per heavy atom. The van der Waals surface area contributed by atoms with Gasteiger partial charge in [-0.3, -0.25) is 14.6 Å². The number of aromatic amines is 1. The Morgan fingerprint density at radius 3 is 2.79 bits per heavy atom. The van der Waals surface area contributed by atoms with Crippen LogP contribution >= 0.6 is 11.6 Å². The van der Waals surface area contributed by atoms with E-state index in [0.717, 1.165) is 17.8 Å². The van der Waals surface area contributed by atoms with Gasteiger partial charge >= 0.3 is 0 Å². The number of carbonyl (C=O) groups excluding carboxylic acids is 1. The van der Waals surface area contributed by atoms with E-state index in [1.807, 2.05) is 10.6 Å². The Labute approximate surface area is 193 Å². The fraction of sp³-hybridized carbons (Fsp3) is 0.304. The Kier molecular flexibility index (Phi) is 4.38. The first-order chi connectivity index (χ1) is 15.9. The molecule has 4 aromatic heterocycles. The zero-order chi connectivity index (χ0) is 22.7. The molecular weight excluding hydrogens is 442 g/mol. The number of hydrogen-bond acceptors (Lipinski definition) is 6. The third kappa shape index (κ3) is 3.06. The van der Waals surface area contributed by atoms with Gasteiger partial charge in [0.1, 0.15) is 16.9 Å². The highest BCUT2D eigenvalue weighted by molar-refractivity contribution is 6.30. The van der Waals surface area contributed by atoms with E-state index in [4.69, 9.17) is 16.6 Å². The van der Waals surface area contributed by atoms with Crippen LogP contribution in [-0.4, -0.2) is 35.2 Å². The van der Waals surface area contributed by atoms with Crippen LogP contribution in [0.15, 0.2) is 41.7 Å². The van der Waals surface area contributed by atoms with Gasteiger partial charge in [-0.05, 0) is 31.4 Å². The van der Waals surface area contributed by atoms with Crippen molar-refractivity contribution in [1.29, 1.82) is 0 Å². The van der Waals surface area contributed by atoms with Crippen LogP contribution < -0.4 is 10.9 Å². The molecule has 1 aliphatic heterocycles. The van der Waals surface area contributed by atoms with Crippen molar-refractivity contribution in [3.05, 3.63) is 69.2 Å². The third-order valence-corrected chi connectivity index (χ3v) is 6.96. The first kappa shape index (κ1) is 20.0. The average molecular weight is 462 g/mol. The van der Waals surface area contributed by atoms with Crippen LogP contribution in [-0.2, 0) is 16.6 Å². The number of carbonyl (C=O) groups is 1. The lowest BCUT2D eigenvalue weighted by atomic mass is 9.81. The molecule has 10 heteroatoms. The first-order valence-corrected chi connectivity index (χ1v) is 11.2. The molecule has 0 aromatic carbocycles. The number of amides is 1. The van der Waals surface area contributed by atoms with E-state index in [-0.39, 0.29) is 23.1 Å². The summed E-state index contributed by atoms with van der Waals surface area (Å²) in [6.07, 6.45) is 11.3. The van der Waals surface area contributed by atoms with Gasteiger partial charge in [-0.25, -0.2) is 15.0 Å². The summed E-state index contributed by atoms with van der Waals surface area (Å²) in [6.45, 7) is 1.66. The van der Waals surface area contributed by atoms with Crippen molar-refractivity contribution in [2.45, 2.75) is 38.0 Å². The number of nitrogens with one attached hydrogen (secondary N) is 2. The minimum absolute atomic E-state index is 0.214. The summed E-state index contributed by atoms with van der Waals surface area (Å²) in [7, 11) is 0.